The SMILES string of the molecule is CCCCCCCCCCCCCCCCC/C=C/C(O)C(COP(=O)([O-])OCC[N+](C)(C)C)NC(=O)CCCCCCCCCCCCCCCCCCCC. The average molecular weight is 829 g/mol. The van der Waals surface area contributed by atoms with Crippen molar-refractivity contribution in [3.8, 4) is 0 Å². The zero-order valence-corrected chi connectivity index (χ0v) is 39.5. The molecule has 0 saturated carbocycles. The third kappa shape index (κ3) is 43.1. The second-order valence-electron chi connectivity index (χ2n) is 18.2. The van der Waals surface area contributed by atoms with E-state index >= 15 is 0 Å². The Morgan fingerprint density at radius 1 is 0.596 bits per heavy atom. The molecular weight excluding hydrogens is 732 g/mol. The number of amides is 1. The summed E-state index contributed by atoms with van der Waals surface area (Å²) in [4.78, 5) is 25.4. The van der Waals surface area contributed by atoms with Gasteiger partial charge >= 0.3 is 0 Å². The zero-order chi connectivity index (χ0) is 42.1. The molecule has 1 amide bonds. The van der Waals surface area contributed by atoms with E-state index in [1.807, 2.05) is 27.2 Å². The Morgan fingerprint density at radius 3 is 1.32 bits per heavy atom. The Morgan fingerprint density at radius 2 is 0.947 bits per heavy atom. The second kappa shape index (κ2) is 40.6. The summed E-state index contributed by atoms with van der Waals surface area (Å²) >= 11 is 0. The average Bonchev–Trinajstić information content (AvgIpc) is 3.16. The van der Waals surface area contributed by atoms with Gasteiger partial charge in [-0.2, -0.15) is 0 Å². The molecule has 3 unspecified atom stereocenters. The number of nitrogens with one attached hydrogen (secondary N) is 1. The molecule has 340 valence electrons. The molecule has 0 radical (unpaired) electrons. The summed E-state index contributed by atoms with van der Waals surface area (Å²) < 4.78 is 23.3. The molecule has 0 aromatic rings. The fraction of sp³-hybridized carbons (Fsp3) is 0.938. The van der Waals surface area contributed by atoms with Gasteiger partial charge in [-0.1, -0.05) is 225 Å². The molecule has 0 spiro atoms. The van der Waals surface area contributed by atoms with Gasteiger partial charge in [0.15, 0.2) is 0 Å². The minimum absolute atomic E-state index is 0.00235. The third-order valence-electron chi connectivity index (χ3n) is 11.2. The van der Waals surface area contributed by atoms with E-state index in [2.05, 4.69) is 19.2 Å². The second-order valence-corrected chi connectivity index (χ2v) is 19.6. The number of rotatable bonds is 45. The van der Waals surface area contributed by atoms with Gasteiger partial charge in [-0.15, -0.1) is 0 Å². The Kier molecular flexibility index (Phi) is 40.1. The first-order chi connectivity index (χ1) is 27.5. The molecule has 0 aliphatic carbocycles. The van der Waals surface area contributed by atoms with E-state index < -0.39 is 20.0 Å². The molecule has 0 rings (SSSR count). The Balaban J connectivity index is 4.32. The van der Waals surface area contributed by atoms with Crippen LogP contribution in [0, 0.1) is 0 Å². The maximum absolute atomic E-state index is 12.9. The summed E-state index contributed by atoms with van der Waals surface area (Å²) in [5.41, 5.74) is 0. The first-order valence-corrected chi connectivity index (χ1v) is 26.0. The van der Waals surface area contributed by atoms with Gasteiger partial charge in [0.2, 0.25) is 5.91 Å². The van der Waals surface area contributed by atoms with Crippen LogP contribution in [0.25, 0.3) is 0 Å². The highest BCUT2D eigenvalue weighted by Gasteiger charge is 2.23. The number of quaternary nitrogens is 1. The molecule has 0 saturated heterocycles. The smallest absolute Gasteiger partial charge is 0.268 e. The van der Waals surface area contributed by atoms with Crippen molar-refractivity contribution in [2.75, 3.05) is 40.9 Å². The lowest BCUT2D eigenvalue weighted by molar-refractivity contribution is -0.870. The van der Waals surface area contributed by atoms with Crippen LogP contribution < -0.4 is 10.2 Å². The van der Waals surface area contributed by atoms with Crippen LogP contribution in [0.1, 0.15) is 239 Å². The summed E-state index contributed by atoms with van der Waals surface area (Å²) in [7, 11) is 1.27. The van der Waals surface area contributed by atoms with Crippen LogP contribution in [0.3, 0.4) is 0 Å². The molecule has 3 atom stereocenters. The van der Waals surface area contributed by atoms with Crippen molar-refractivity contribution in [2.24, 2.45) is 0 Å². The maximum atomic E-state index is 12.9. The molecule has 0 aromatic carbocycles. The van der Waals surface area contributed by atoms with Crippen molar-refractivity contribution in [3.05, 3.63) is 12.2 Å². The lowest BCUT2D eigenvalue weighted by Crippen LogP contribution is -2.45. The van der Waals surface area contributed by atoms with Gasteiger partial charge in [0.25, 0.3) is 7.82 Å². The Labute approximate surface area is 354 Å². The first-order valence-electron chi connectivity index (χ1n) is 24.6. The Hall–Kier alpha value is -0.760. The molecular formula is C48H97N2O6P. The van der Waals surface area contributed by atoms with Gasteiger partial charge in [-0.25, -0.2) is 0 Å². The predicted molar refractivity (Wildman–Crippen MR) is 242 cm³/mol. The van der Waals surface area contributed by atoms with E-state index in [-0.39, 0.29) is 19.1 Å². The van der Waals surface area contributed by atoms with Gasteiger partial charge in [0.05, 0.1) is 39.9 Å². The molecule has 57 heavy (non-hydrogen) atoms. The number of phosphoric ester groups is 1. The van der Waals surface area contributed by atoms with Crippen LogP contribution >= 0.6 is 7.82 Å². The number of allylic oxidation sites excluding steroid dienone is 1. The fourth-order valence-corrected chi connectivity index (χ4v) is 8.05. The number of likely N-dealkylation sites (N-methyl/N-ethyl adjacent to an activating group) is 1. The van der Waals surface area contributed by atoms with Crippen LogP contribution in [-0.2, 0) is 18.4 Å². The normalized spacial score (nSPS) is 14.3. The van der Waals surface area contributed by atoms with Crippen molar-refractivity contribution >= 4 is 13.7 Å². The highest BCUT2D eigenvalue weighted by atomic mass is 31.2. The van der Waals surface area contributed by atoms with Crippen LogP contribution in [0.4, 0.5) is 0 Å². The molecule has 0 bridgehead atoms. The van der Waals surface area contributed by atoms with E-state index in [4.69, 9.17) is 9.05 Å². The lowest BCUT2D eigenvalue weighted by Gasteiger charge is -2.29. The predicted octanol–water partition coefficient (Wildman–Crippen LogP) is 13.3. The zero-order valence-electron chi connectivity index (χ0n) is 38.6. The first kappa shape index (κ1) is 56.2. The number of phosphoric acid groups is 1. The molecule has 0 aromatic heterocycles. The van der Waals surface area contributed by atoms with Crippen molar-refractivity contribution in [2.45, 2.75) is 251 Å². The largest absolute Gasteiger partial charge is 0.756 e. The summed E-state index contributed by atoms with van der Waals surface area (Å²) in [6.45, 7) is 4.68. The van der Waals surface area contributed by atoms with Crippen molar-refractivity contribution in [1.82, 2.24) is 5.32 Å². The number of aliphatic hydroxyl groups is 1. The Bertz CT molecular complexity index is 942. The summed E-state index contributed by atoms with van der Waals surface area (Å²) in [6.07, 6.45) is 46.8. The fourth-order valence-electron chi connectivity index (χ4n) is 7.33. The summed E-state index contributed by atoms with van der Waals surface area (Å²) in [5.74, 6) is -0.193. The van der Waals surface area contributed by atoms with Crippen LogP contribution in [0.2, 0.25) is 0 Å². The van der Waals surface area contributed by atoms with Gasteiger partial charge in [-0.05, 0) is 19.3 Å². The van der Waals surface area contributed by atoms with Crippen LogP contribution in [-0.4, -0.2) is 68.5 Å². The number of carbonyl (C=O) groups excluding carboxylic acids is 1. The number of hydrogen-bond acceptors (Lipinski definition) is 6. The van der Waals surface area contributed by atoms with Gasteiger partial charge in [-0.3, -0.25) is 9.36 Å². The molecule has 0 aliphatic rings. The van der Waals surface area contributed by atoms with E-state index in [1.165, 1.54) is 180 Å². The standard InChI is InChI=1S/C48H97N2O6P/c1-6-8-10-12-14-16-18-20-22-24-26-28-30-32-34-36-38-40-42-48(52)49-46(45-56-57(53,54)55-44-43-50(3,4)5)47(51)41-39-37-35-33-31-29-27-25-23-21-19-17-15-13-11-9-7-2/h39,41,46-47,51H,6-38,40,42-45H2,1-5H3,(H-,49,52,53,54)/b41-39+. The number of carbonyl (C=O) groups is 1. The lowest BCUT2D eigenvalue weighted by atomic mass is 10.0. The topological polar surface area (TPSA) is 108 Å². The monoisotopic (exact) mass is 829 g/mol. The highest BCUT2D eigenvalue weighted by molar-refractivity contribution is 7.45. The highest BCUT2D eigenvalue weighted by Crippen LogP contribution is 2.38. The van der Waals surface area contributed by atoms with E-state index in [1.54, 1.807) is 6.08 Å². The number of aliphatic hydroxyl groups excluding tert-OH is 1. The van der Waals surface area contributed by atoms with Crippen molar-refractivity contribution < 1.29 is 32.9 Å². The number of nitrogens with zero attached hydrogens (tertiary/aromatic N) is 1. The van der Waals surface area contributed by atoms with E-state index in [9.17, 15) is 19.4 Å². The number of unbranched alkanes of at least 4 members (excludes halogenated alkanes) is 32. The summed E-state index contributed by atoms with van der Waals surface area (Å²) in [5, 5.41) is 13.8. The minimum Gasteiger partial charge on any atom is -0.756 e. The van der Waals surface area contributed by atoms with E-state index in [0.29, 0.717) is 17.4 Å². The van der Waals surface area contributed by atoms with Crippen LogP contribution in [0.5, 0.6) is 0 Å². The molecule has 9 heteroatoms. The van der Waals surface area contributed by atoms with Crippen LogP contribution in [0.15, 0.2) is 12.2 Å². The number of hydrogen-bond donors (Lipinski definition) is 2. The van der Waals surface area contributed by atoms with Crippen molar-refractivity contribution in [3.63, 3.8) is 0 Å². The summed E-state index contributed by atoms with van der Waals surface area (Å²) in [6, 6.07) is -0.880. The van der Waals surface area contributed by atoms with Gasteiger partial charge in [0.1, 0.15) is 13.2 Å². The molecule has 0 heterocycles. The van der Waals surface area contributed by atoms with E-state index in [0.717, 1.165) is 38.5 Å². The molecule has 8 nitrogen and oxygen atoms in total. The molecule has 2 N–H and O–H groups in total. The van der Waals surface area contributed by atoms with Gasteiger partial charge in [0, 0.05) is 6.42 Å². The quantitative estimate of drug-likeness (QED) is 0.0274. The molecule has 0 fully saturated rings. The van der Waals surface area contributed by atoms with Crippen molar-refractivity contribution in [1.29, 1.82) is 0 Å². The third-order valence-corrected chi connectivity index (χ3v) is 12.2. The molecule has 0 aliphatic heterocycles. The van der Waals surface area contributed by atoms with Gasteiger partial charge < -0.3 is 28.8 Å². The minimum atomic E-state index is -4.58. The maximum Gasteiger partial charge on any atom is 0.268 e.